The van der Waals surface area contributed by atoms with Gasteiger partial charge < -0.3 is 19.3 Å². The first kappa shape index (κ1) is 19.2. The normalized spacial score (nSPS) is 17.3. The van der Waals surface area contributed by atoms with Crippen molar-refractivity contribution in [3.8, 4) is 5.75 Å². The van der Waals surface area contributed by atoms with Crippen LogP contribution in [0.3, 0.4) is 0 Å². The van der Waals surface area contributed by atoms with Gasteiger partial charge in [0.05, 0.1) is 0 Å². The molecule has 0 unspecified atom stereocenters. The van der Waals surface area contributed by atoms with Crippen LogP contribution in [0.2, 0.25) is 0 Å². The van der Waals surface area contributed by atoms with Crippen molar-refractivity contribution in [1.29, 1.82) is 0 Å². The molecule has 27 heavy (non-hydrogen) atoms. The smallest absolute Gasteiger partial charge is 0.344 e. The number of rotatable bonds is 5. The van der Waals surface area contributed by atoms with Gasteiger partial charge in [-0.15, -0.1) is 0 Å². The molecule has 1 heterocycles. The Morgan fingerprint density at radius 2 is 1.70 bits per heavy atom. The van der Waals surface area contributed by atoms with E-state index in [2.05, 4.69) is 0 Å². The third-order valence-electron chi connectivity index (χ3n) is 5.12. The number of carbonyl (C=O) groups excluding carboxylic acids is 3. The predicted octanol–water partition coefficient (Wildman–Crippen LogP) is 1.18. The van der Waals surface area contributed by atoms with Gasteiger partial charge in [-0.1, -0.05) is 6.07 Å². The first-order valence-electron chi connectivity index (χ1n) is 9.42. The van der Waals surface area contributed by atoms with Gasteiger partial charge in [0.15, 0.2) is 12.7 Å². The lowest BCUT2D eigenvalue weighted by atomic mass is 10.1. The summed E-state index contributed by atoms with van der Waals surface area (Å²) in [5, 5.41) is 0. The molecular weight excluding hydrogens is 348 g/mol. The first-order chi connectivity index (χ1) is 12.9. The zero-order valence-corrected chi connectivity index (χ0v) is 15.9. The molecule has 0 aromatic heterocycles. The van der Waals surface area contributed by atoms with Crippen molar-refractivity contribution < 1.29 is 23.9 Å². The molecule has 1 saturated heterocycles. The van der Waals surface area contributed by atoms with E-state index in [0.717, 1.165) is 19.3 Å². The van der Waals surface area contributed by atoms with Gasteiger partial charge in [-0.3, -0.25) is 9.59 Å². The monoisotopic (exact) mass is 374 g/mol. The Hall–Kier alpha value is -2.57. The van der Waals surface area contributed by atoms with Gasteiger partial charge in [0.25, 0.3) is 5.91 Å². The number of nitrogens with zero attached hydrogens (tertiary/aromatic N) is 2. The molecule has 1 aromatic carbocycles. The molecule has 2 amide bonds. The Labute approximate surface area is 159 Å². The van der Waals surface area contributed by atoms with Gasteiger partial charge in [-0.2, -0.15) is 0 Å². The average molecular weight is 374 g/mol. The van der Waals surface area contributed by atoms with Crippen LogP contribution in [-0.4, -0.2) is 66.5 Å². The van der Waals surface area contributed by atoms with E-state index in [1.165, 1.54) is 18.1 Å². The third-order valence-corrected chi connectivity index (χ3v) is 5.12. The summed E-state index contributed by atoms with van der Waals surface area (Å²) in [6.07, 6.45) is 2.42. The number of hydrogen-bond donors (Lipinski definition) is 0. The molecule has 2 aliphatic rings. The minimum absolute atomic E-state index is 0.00489. The number of fused-ring (bicyclic) bond motifs is 1. The van der Waals surface area contributed by atoms with Crippen LogP contribution in [0, 0.1) is 0 Å². The summed E-state index contributed by atoms with van der Waals surface area (Å²) in [7, 11) is 0. The second-order valence-electron chi connectivity index (χ2n) is 7.04. The summed E-state index contributed by atoms with van der Waals surface area (Å²) < 4.78 is 10.7. The lowest BCUT2D eigenvalue weighted by molar-refractivity contribution is -0.161. The second kappa shape index (κ2) is 8.41. The number of benzene rings is 1. The van der Waals surface area contributed by atoms with Crippen LogP contribution < -0.4 is 4.74 Å². The van der Waals surface area contributed by atoms with Crippen LogP contribution in [0.1, 0.15) is 31.4 Å². The van der Waals surface area contributed by atoms with E-state index in [1.54, 1.807) is 16.7 Å². The molecule has 1 aromatic rings. The van der Waals surface area contributed by atoms with Gasteiger partial charge in [-0.25, -0.2) is 4.79 Å². The van der Waals surface area contributed by atoms with Crippen LogP contribution in [0.5, 0.6) is 5.75 Å². The minimum Gasteiger partial charge on any atom is -0.482 e. The quantitative estimate of drug-likeness (QED) is 0.724. The number of carbonyl (C=O) groups is 3. The number of aryl methyl sites for hydroxylation is 2. The van der Waals surface area contributed by atoms with Crippen LogP contribution in [-0.2, 0) is 32.0 Å². The van der Waals surface area contributed by atoms with Crippen molar-refractivity contribution in [2.24, 2.45) is 0 Å². The fourth-order valence-electron chi connectivity index (χ4n) is 3.56. The molecule has 3 rings (SSSR count). The highest BCUT2D eigenvalue weighted by Crippen LogP contribution is 2.26. The third kappa shape index (κ3) is 4.78. The Bertz CT molecular complexity index is 725. The number of piperazine rings is 1. The maximum absolute atomic E-state index is 12.4. The number of amides is 2. The van der Waals surface area contributed by atoms with Crippen LogP contribution in [0.25, 0.3) is 0 Å². The molecule has 146 valence electrons. The molecule has 7 nitrogen and oxygen atoms in total. The highest BCUT2D eigenvalue weighted by Gasteiger charge is 2.28. The van der Waals surface area contributed by atoms with Crippen molar-refractivity contribution in [1.82, 2.24) is 9.80 Å². The second-order valence-corrected chi connectivity index (χ2v) is 7.04. The predicted molar refractivity (Wildman–Crippen MR) is 98.4 cm³/mol. The summed E-state index contributed by atoms with van der Waals surface area (Å²) in [6, 6.07) is 5.87. The van der Waals surface area contributed by atoms with Crippen molar-refractivity contribution in [2.45, 2.75) is 39.2 Å². The summed E-state index contributed by atoms with van der Waals surface area (Å²) >= 11 is 0. The highest BCUT2D eigenvalue weighted by molar-refractivity contribution is 5.84. The molecule has 1 aliphatic carbocycles. The SMILES string of the molecule is CC(=O)N1CCN(C(=O)[C@@H](C)OC(=O)COc2ccc3c(c2)CCC3)CC1. The molecule has 0 radical (unpaired) electrons. The lowest BCUT2D eigenvalue weighted by Crippen LogP contribution is -2.52. The number of hydrogen-bond acceptors (Lipinski definition) is 5. The van der Waals surface area contributed by atoms with E-state index in [-0.39, 0.29) is 18.4 Å². The maximum atomic E-state index is 12.4. The Kier molecular flexibility index (Phi) is 5.98. The standard InChI is InChI=1S/C20H26N2O5/c1-14(20(25)22-10-8-21(9-11-22)15(2)23)27-19(24)13-26-18-7-6-16-4-3-5-17(16)12-18/h6-7,12,14H,3-5,8-11,13H2,1-2H3/t14-/m1/s1. The lowest BCUT2D eigenvalue weighted by Gasteiger charge is -2.35. The maximum Gasteiger partial charge on any atom is 0.344 e. The fourth-order valence-corrected chi connectivity index (χ4v) is 3.56. The van der Waals surface area contributed by atoms with Crippen LogP contribution in [0.15, 0.2) is 18.2 Å². The first-order valence-corrected chi connectivity index (χ1v) is 9.42. The minimum atomic E-state index is -0.870. The molecule has 7 heteroatoms. The molecule has 1 atom stereocenters. The van der Waals surface area contributed by atoms with Crippen LogP contribution >= 0.6 is 0 Å². The average Bonchev–Trinajstić information content (AvgIpc) is 3.13. The van der Waals surface area contributed by atoms with Gasteiger partial charge in [0.1, 0.15) is 5.75 Å². The van der Waals surface area contributed by atoms with Crippen molar-refractivity contribution in [2.75, 3.05) is 32.8 Å². The number of ether oxygens (including phenoxy) is 2. The molecule has 0 N–H and O–H groups in total. The Balaban J connectivity index is 1.43. The summed E-state index contributed by atoms with van der Waals surface area (Å²) in [5.41, 5.74) is 2.61. The van der Waals surface area contributed by atoms with E-state index in [0.29, 0.717) is 31.9 Å². The highest BCUT2D eigenvalue weighted by atomic mass is 16.6. The summed E-state index contributed by atoms with van der Waals surface area (Å²) in [5.74, 6) is -0.167. The van der Waals surface area contributed by atoms with E-state index < -0.39 is 12.1 Å². The molecule has 0 bridgehead atoms. The van der Waals surface area contributed by atoms with Gasteiger partial charge >= 0.3 is 5.97 Å². The summed E-state index contributed by atoms with van der Waals surface area (Å²) in [4.78, 5) is 39.1. The zero-order chi connectivity index (χ0) is 19.4. The van der Waals surface area contributed by atoms with E-state index in [4.69, 9.17) is 9.47 Å². The van der Waals surface area contributed by atoms with E-state index in [9.17, 15) is 14.4 Å². The fraction of sp³-hybridized carbons (Fsp3) is 0.550. The van der Waals surface area contributed by atoms with Crippen molar-refractivity contribution in [3.63, 3.8) is 0 Å². The molecule has 0 spiro atoms. The van der Waals surface area contributed by atoms with Gasteiger partial charge in [0.2, 0.25) is 5.91 Å². The van der Waals surface area contributed by atoms with Crippen molar-refractivity contribution in [3.05, 3.63) is 29.3 Å². The largest absolute Gasteiger partial charge is 0.482 e. The topological polar surface area (TPSA) is 76.2 Å². The molecule has 1 fully saturated rings. The van der Waals surface area contributed by atoms with E-state index in [1.807, 2.05) is 18.2 Å². The molecule has 1 aliphatic heterocycles. The van der Waals surface area contributed by atoms with Crippen LogP contribution in [0.4, 0.5) is 0 Å². The van der Waals surface area contributed by atoms with Gasteiger partial charge in [0, 0.05) is 33.1 Å². The number of esters is 1. The molecular formula is C20H26N2O5. The molecule has 0 saturated carbocycles. The van der Waals surface area contributed by atoms with E-state index >= 15 is 0 Å². The summed E-state index contributed by atoms with van der Waals surface area (Å²) in [6.45, 7) is 4.76. The Morgan fingerprint density at radius 3 is 2.41 bits per heavy atom. The Morgan fingerprint density at radius 1 is 1.04 bits per heavy atom. The van der Waals surface area contributed by atoms with Crippen molar-refractivity contribution >= 4 is 17.8 Å². The van der Waals surface area contributed by atoms with Gasteiger partial charge in [-0.05, 0) is 49.4 Å². The zero-order valence-electron chi connectivity index (χ0n) is 15.9.